The van der Waals surface area contributed by atoms with E-state index in [-0.39, 0.29) is 11.6 Å². The van der Waals surface area contributed by atoms with Gasteiger partial charge in [-0.05, 0) is 31.0 Å². The van der Waals surface area contributed by atoms with E-state index in [2.05, 4.69) is 15.3 Å². The molecule has 0 fully saturated rings. The van der Waals surface area contributed by atoms with Crippen molar-refractivity contribution in [1.29, 1.82) is 0 Å². The highest BCUT2D eigenvalue weighted by molar-refractivity contribution is 5.78. The van der Waals surface area contributed by atoms with Gasteiger partial charge < -0.3 is 10.4 Å². The Morgan fingerprint density at radius 1 is 1.13 bits per heavy atom. The number of fused-ring (bicyclic) bond motifs is 1. The van der Waals surface area contributed by atoms with Gasteiger partial charge in [0.25, 0.3) is 5.56 Å². The van der Waals surface area contributed by atoms with E-state index in [1.54, 1.807) is 12.1 Å². The van der Waals surface area contributed by atoms with E-state index in [0.717, 1.165) is 5.56 Å². The van der Waals surface area contributed by atoms with Crippen molar-refractivity contribution < 1.29 is 5.11 Å². The molecule has 3 rings (SSSR count). The summed E-state index contributed by atoms with van der Waals surface area (Å²) in [4.78, 5) is 19.2. The van der Waals surface area contributed by atoms with Crippen molar-refractivity contribution in [3.8, 4) is 0 Å². The summed E-state index contributed by atoms with van der Waals surface area (Å²) in [7, 11) is 0. The number of aliphatic hydroxyl groups excluding tert-OH is 1. The molecule has 3 aromatic rings. The molecule has 1 heterocycles. The molecule has 0 saturated heterocycles. The lowest BCUT2D eigenvalue weighted by atomic mass is 10.0. The highest BCUT2D eigenvalue weighted by atomic mass is 16.3. The Bertz CT molecular complexity index is 846. The SMILES string of the molecule is C[C@@H](C[C@@H](O)c1ccccc1)Nc1nc2ccccc2c(=O)[nH]1. The molecule has 3 N–H and O–H groups in total. The number of rotatable bonds is 5. The van der Waals surface area contributed by atoms with Crippen LogP contribution < -0.4 is 10.9 Å². The average Bonchev–Trinajstić information content (AvgIpc) is 2.55. The second-order valence-electron chi connectivity index (χ2n) is 5.64. The fourth-order valence-corrected chi connectivity index (χ4v) is 2.59. The van der Waals surface area contributed by atoms with E-state index >= 15 is 0 Å². The van der Waals surface area contributed by atoms with Crippen molar-refractivity contribution in [1.82, 2.24) is 9.97 Å². The highest BCUT2D eigenvalue weighted by Crippen LogP contribution is 2.19. The van der Waals surface area contributed by atoms with Gasteiger partial charge >= 0.3 is 0 Å². The Morgan fingerprint density at radius 3 is 2.61 bits per heavy atom. The molecule has 2 atom stereocenters. The van der Waals surface area contributed by atoms with E-state index in [4.69, 9.17) is 0 Å². The first-order valence-corrected chi connectivity index (χ1v) is 7.62. The Morgan fingerprint density at radius 2 is 1.83 bits per heavy atom. The predicted molar refractivity (Wildman–Crippen MR) is 91.5 cm³/mol. The highest BCUT2D eigenvalue weighted by Gasteiger charge is 2.13. The third-order valence-electron chi connectivity index (χ3n) is 3.76. The van der Waals surface area contributed by atoms with E-state index in [9.17, 15) is 9.90 Å². The van der Waals surface area contributed by atoms with Crippen molar-refractivity contribution in [3.63, 3.8) is 0 Å². The molecule has 0 aliphatic heterocycles. The molecule has 2 aromatic carbocycles. The number of hydrogen-bond donors (Lipinski definition) is 3. The standard InChI is InChI=1S/C18H19N3O2/c1-12(11-16(22)13-7-3-2-4-8-13)19-18-20-15-10-6-5-9-14(15)17(23)21-18/h2-10,12,16,22H,11H2,1H3,(H2,19,20,21,23)/t12-,16+/m0/s1. The zero-order valence-electron chi connectivity index (χ0n) is 12.9. The molecule has 0 saturated carbocycles. The summed E-state index contributed by atoms with van der Waals surface area (Å²) in [6.45, 7) is 1.95. The lowest BCUT2D eigenvalue weighted by molar-refractivity contribution is 0.162. The van der Waals surface area contributed by atoms with Crippen LogP contribution in [-0.2, 0) is 0 Å². The number of nitrogens with zero attached hydrogens (tertiary/aromatic N) is 1. The minimum atomic E-state index is -0.564. The summed E-state index contributed by atoms with van der Waals surface area (Å²) in [5.41, 5.74) is 1.35. The largest absolute Gasteiger partial charge is 0.388 e. The molecule has 0 unspecified atom stereocenters. The Labute approximate surface area is 134 Å². The molecule has 5 heteroatoms. The first kappa shape index (κ1) is 15.2. The number of aromatic amines is 1. The second kappa shape index (κ2) is 6.62. The molecule has 0 aliphatic carbocycles. The summed E-state index contributed by atoms with van der Waals surface area (Å²) in [6.07, 6.45) is -0.0496. The molecule has 118 valence electrons. The van der Waals surface area contributed by atoms with E-state index in [1.165, 1.54) is 0 Å². The topological polar surface area (TPSA) is 78.0 Å². The normalized spacial score (nSPS) is 13.7. The van der Waals surface area contributed by atoms with E-state index in [0.29, 0.717) is 23.3 Å². The number of aliphatic hydroxyl groups is 1. The van der Waals surface area contributed by atoms with Crippen LogP contribution in [0.25, 0.3) is 10.9 Å². The molecule has 0 bridgehead atoms. The van der Waals surface area contributed by atoms with Crippen molar-refractivity contribution >= 4 is 16.9 Å². The van der Waals surface area contributed by atoms with Gasteiger partial charge in [-0.25, -0.2) is 4.98 Å². The number of anilines is 1. The fourth-order valence-electron chi connectivity index (χ4n) is 2.59. The maximum Gasteiger partial charge on any atom is 0.260 e. The van der Waals surface area contributed by atoms with Gasteiger partial charge in [0.1, 0.15) is 0 Å². The average molecular weight is 309 g/mol. The number of hydrogen-bond acceptors (Lipinski definition) is 4. The van der Waals surface area contributed by atoms with Crippen molar-refractivity contribution in [3.05, 3.63) is 70.5 Å². The number of aromatic nitrogens is 2. The van der Waals surface area contributed by atoms with Gasteiger partial charge in [0.05, 0.1) is 17.0 Å². The molecular weight excluding hydrogens is 290 g/mol. The quantitative estimate of drug-likeness (QED) is 0.677. The Hall–Kier alpha value is -2.66. The van der Waals surface area contributed by atoms with Gasteiger partial charge in [-0.1, -0.05) is 42.5 Å². The molecule has 0 radical (unpaired) electrons. The van der Waals surface area contributed by atoms with Crippen LogP contribution in [0.15, 0.2) is 59.4 Å². The van der Waals surface area contributed by atoms with Crippen LogP contribution >= 0.6 is 0 Å². The summed E-state index contributed by atoms with van der Waals surface area (Å²) >= 11 is 0. The zero-order chi connectivity index (χ0) is 16.2. The minimum Gasteiger partial charge on any atom is -0.388 e. The monoisotopic (exact) mass is 309 g/mol. The molecular formula is C18H19N3O2. The molecule has 23 heavy (non-hydrogen) atoms. The Balaban J connectivity index is 1.73. The third-order valence-corrected chi connectivity index (χ3v) is 3.76. The van der Waals surface area contributed by atoms with Crippen LogP contribution in [0, 0.1) is 0 Å². The number of nitrogens with one attached hydrogen (secondary N) is 2. The van der Waals surface area contributed by atoms with Crippen LogP contribution in [0.2, 0.25) is 0 Å². The third kappa shape index (κ3) is 3.57. The van der Waals surface area contributed by atoms with Crippen molar-refractivity contribution in [2.45, 2.75) is 25.5 Å². The Kier molecular flexibility index (Phi) is 4.39. The van der Waals surface area contributed by atoms with Crippen molar-refractivity contribution in [2.24, 2.45) is 0 Å². The van der Waals surface area contributed by atoms with Gasteiger partial charge in [0, 0.05) is 6.04 Å². The second-order valence-corrected chi connectivity index (χ2v) is 5.64. The first-order chi connectivity index (χ1) is 11.1. The van der Waals surface area contributed by atoms with Gasteiger partial charge in [0.15, 0.2) is 0 Å². The van der Waals surface area contributed by atoms with E-state index in [1.807, 2.05) is 49.4 Å². The molecule has 0 amide bonds. The fraction of sp³-hybridized carbons (Fsp3) is 0.222. The summed E-state index contributed by atoms with van der Waals surface area (Å²) in [5, 5.41) is 14.0. The number of para-hydroxylation sites is 1. The lowest BCUT2D eigenvalue weighted by Crippen LogP contribution is -2.22. The van der Waals surface area contributed by atoms with Gasteiger partial charge in [0.2, 0.25) is 5.95 Å². The summed E-state index contributed by atoms with van der Waals surface area (Å²) < 4.78 is 0. The van der Waals surface area contributed by atoms with Gasteiger partial charge in [-0.15, -0.1) is 0 Å². The maximum absolute atomic E-state index is 12.0. The molecule has 0 spiro atoms. The number of H-pyrrole nitrogens is 1. The van der Waals surface area contributed by atoms with Gasteiger partial charge in [-0.2, -0.15) is 0 Å². The predicted octanol–water partition coefficient (Wildman–Crippen LogP) is 2.85. The van der Waals surface area contributed by atoms with Crippen LogP contribution in [0.1, 0.15) is 25.0 Å². The minimum absolute atomic E-state index is 0.0467. The van der Waals surface area contributed by atoms with E-state index < -0.39 is 6.10 Å². The molecule has 1 aromatic heterocycles. The molecule has 0 aliphatic rings. The first-order valence-electron chi connectivity index (χ1n) is 7.62. The van der Waals surface area contributed by atoms with Crippen LogP contribution in [0.3, 0.4) is 0 Å². The van der Waals surface area contributed by atoms with Crippen molar-refractivity contribution in [2.75, 3.05) is 5.32 Å². The molecule has 5 nitrogen and oxygen atoms in total. The van der Waals surface area contributed by atoms with Crippen LogP contribution in [0.4, 0.5) is 5.95 Å². The van der Waals surface area contributed by atoms with Crippen LogP contribution in [-0.4, -0.2) is 21.1 Å². The summed E-state index contributed by atoms with van der Waals surface area (Å²) in [6, 6.07) is 16.7. The maximum atomic E-state index is 12.0. The summed E-state index contributed by atoms with van der Waals surface area (Å²) in [5.74, 6) is 0.418. The smallest absolute Gasteiger partial charge is 0.260 e. The van der Waals surface area contributed by atoms with Gasteiger partial charge in [-0.3, -0.25) is 9.78 Å². The number of benzene rings is 2. The van der Waals surface area contributed by atoms with Crippen LogP contribution in [0.5, 0.6) is 0 Å². The lowest BCUT2D eigenvalue weighted by Gasteiger charge is -2.18. The zero-order valence-corrected chi connectivity index (χ0v) is 12.9.